The zero-order valence-electron chi connectivity index (χ0n) is 14.4. The molecule has 1 amide bonds. The first-order valence-electron chi connectivity index (χ1n) is 7.77. The fourth-order valence-corrected chi connectivity index (χ4v) is 3.37. The van der Waals surface area contributed by atoms with Crippen molar-refractivity contribution in [1.82, 2.24) is 15.1 Å². The van der Waals surface area contributed by atoms with Crippen LogP contribution in [0.3, 0.4) is 0 Å². The van der Waals surface area contributed by atoms with Gasteiger partial charge in [-0.15, -0.1) is 11.3 Å². The first-order valence-corrected chi connectivity index (χ1v) is 8.59. The smallest absolute Gasteiger partial charge is 0.220 e. The van der Waals surface area contributed by atoms with Crippen LogP contribution in [0.5, 0.6) is 0 Å². The zero-order valence-corrected chi connectivity index (χ0v) is 15.2. The second kappa shape index (κ2) is 7.27. The highest BCUT2D eigenvalue weighted by molar-refractivity contribution is 7.12. The molecule has 0 spiro atoms. The molecule has 2 rings (SSSR count). The van der Waals surface area contributed by atoms with Crippen molar-refractivity contribution >= 4 is 23.0 Å². The number of hydrogen-bond acceptors (Lipinski definition) is 5. The van der Waals surface area contributed by atoms with E-state index in [4.69, 9.17) is 0 Å². The highest BCUT2D eigenvalue weighted by Crippen LogP contribution is 2.22. The number of hydrogen-bond donors (Lipinski definition) is 2. The molecule has 0 saturated carbocycles. The Morgan fingerprint density at radius 1 is 1.38 bits per heavy atom. The number of ketones is 1. The van der Waals surface area contributed by atoms with Gasteiger partial charge in [-0.05, 0) is 26.8 Å². The van der Waals surface area contributed by atoms with E-state index in [0.717, 1.165) is 9.75 Å². The minimum Gasteiger partial charge on any atom is -0.383 e. The second-order valence-corrected chi connectivity index (χ2v) is 7.66. The summed E-state index contributed by atoms with van der Waals surface area (Å²) in [5.41, 5.74) is 0.132. The average Bonchev–Trinajstić information content (AvgIpc) is 3.08. The van der Waals surface area contributed by atoms with Gasteiger partial charge in [0.05, 0.1) is 12.7 Å². The number of amides is 1. The number of carbonyl (C=O) groups excluding carboxylic acids is 2. The standard InChI is InChI=1S/C17H23N3O3S/c1-11-7-14(12(2)24-11)15(21)5-6-16(22)18-10-17(3,23)13-8-19-20(4)9-13/h7-9,23H,5-6,10H2,1-4H3,(H,18,22). The van der Waals surface area contributed by atoms with Crippen LogP contribution in [-0.2, 0) is 17.4 Å². The van der Waals surface area contributed by atoms with E-state index in [1.54, 1.807) is 42.4 Å². The lowest BCUT2D eigenvalue weighted by Gasteiger charge is -2.22. The SMILES string of the molecule is Cc1cc(C(=O)CCC(=O)NCC(C)(O)c2cnn(C)c2)c(C)s1. The van der Waals surface area contributed by atoms with Gasteiger partial charge in [0.25, 0.3) is 0 Å². The molecule has 0 aromatic carbocycles. The number of aryl methyl sites for hydroxylation is 3. The number of aromatic nitrogens is 2. The summed E-state index contributed by atoms with van der Waals surface area (Å²) in [5.74, 6) is -0.275. The number of rotatable bonds is 7. The largest absolute Gasteiger partial charge is 0.383 e. The molecule has 0 aliphatic rings. The molecule has 2 heterocycles. The van der Waals surface area contributed by atoms with E-state index >= 15 is 0 Å². The minimum absolute atomic E-state index is 0.0222. The molecule has 6 nitrogen and oxygen atoms in total. The molecule has 0 bridgehead atoms. The predicted molar refractivity (Wildman–Crippen MR) is 93.1 cm³/mol. The monoisotopic (exact) mass is 349 g/mol. The molecular weight excluding hydrogens is 326 g/mol. The number of Topliss-reactive ketones (excluding diaryl/α,β-unsaturated/α-hetero) is 1. The maximum atomic E-state index is 12.2. The summed E-state index contributed by atoms with van der Waals surface area (Å²) >= 11 is 1.58. The lowest BCUT2D eigenvalue weighted by Crippen LogP contribution is -2.38. The van der Waals surface area contributed by atoms with E-state index in [2.05, 4.69) is 10.4 Å². The number of nitrogens with zero attached hydrogens (tertiary/aromatic N) is 2. The number of carbonyl (C=O) groups is 2. The summed E-state index contributed by atoms with van der Waals surface area (Å²) < 4.78 is 1.59. The predicted octanol–water partition coefficient (Wildman–Crippen LogP) is 2.09. The molecule has 1 unspecified atom stereocenters. The molecule has 24 heavy (non-hydrogen) atoms. The van der Waals surface area contributed by atoms with Gasteiger partial charge in [-0.25, -0.2) is 0 Å². The molecule has 0 radical (unpaired) electrons. The van der Waals surface area contributed by atoms with Crippen LogP contribution in [0.2, 0.25) is 0 Å². The number of thiophene rings is 1. The van der Waals surface area contributed by atoms with Crippen molar-refractivity contribution in [3.8, 4) is 0 Å². The van der Waals surface area contributed by atoms with Crippen LogP contribution < -0.4 is 5.32 Å². The Balaban J connectivity index is 1.83. The molecule has 2 aromatic heterocycles. The average molecular weight is 349 g/mol. The molecule has 0 aliphatic heterocycles. The van der Waals surface area contributed by atoms with Gasteiger partial charge in [-0.1, -0.05) is 0 Å². The molecule has 0 saturated heterocycles. The van der Waals surface area contributed by atoms with Crippen LogP contribution in [0.15, 0.2) is 18.5 Å². The van der Waals surface area contributed by atoms with Crippen LogP contribution in [0.1, 0.15) is 45.4 Å². The van der Waals surface area contributed by atoms with E-state index in [0.29, 0.717) is 11.1 Å². The van der Waals surface area contributed by atoms with Crippen molar-refractivity contribution in [2.45, 2.75) is 39.2 Å². The quantitative estimate of drug-likeness (QED) is 0.750. The van der Waals surface area contributed by atoms with Crippen molar-refractivity contribution in [2.24, 2.45) is 7.05 Å². The third-order valence-corrected chi connectivity index (χ3v) is 4.84. The Morgan fingerprint density at radius 3 is 2.62 bits per heavy atom. The van der Waals surface area contributed by atoms with Gasteiger partial charge in [0.15, 0.2) is 5.78 Å². The normalized spacial score (nSPS) is 13.5. The van der Waals surface area contributed by atoms with Crippen molar-refractivity contribution < 1.29 is 14.7 Å². The molecule has 2 N–H and O–H groups in total. The number of nitrogens with one attached hydrogen (secondary N) is 1. The van der Waals surface area contributed by atoms with E-state index in [9.17, 15) is 14.7 Å². The molecule has 0 fully saturated rings. The fourth-order valence-electron chi connectivity index (χ4n) is 2.43. The first-order chi connectivity index (χ1) is 11.2. The molecule has 0 aliphatic carbocycles. The summed E-state index contributed by atoms with van der Waals surface area (Å²) in [6, 6.07) is 1.87. The van der Waals surface area contributed by atoms with E-state index in [1.807, 2.05) is 19.9 Å². The summed E-state index contributed by atoms with van der Waals surface area (Å²) in [5, 5.41) is 17.1. The Kier molecular flexibility index (Phi) is 5.56. The van der Waals surface area contributed by atoms with Gasteiger partial charge >= 0.3 is 0 Å². The topological polar surface area (TPSA) is 84.2 Å². The Bertz CT molecular complexity index is 746. The van der Waals surface area contributed by atoms with Crippen molar-refractivity contribution in [2.75, 3.05) is 6.54 Å². The molecule has 2 aromatic rings. The van der Waals surface area contributed by atoms with Crippen LogP contribution in [0, 0.1) is 13.8 Å². The third kappa shape index (κ3) is 4.52. The van der Waals surface area contributed by atoms with Gasteiger partial charge in [-0.3, -0.25) is 14.3 Å². The van der Waals surface area contributed by atoms with Crippen LogP contribution in [-0.4, -0.2) is 33.1 Å². The lowest BCUT2D eigenvalue weighted by molar-refractivity contribution is -0.122. The summed E-state index contributed by atoms with van der Waals surface area (Å²) in [6.07, 6.45) is 3.54. The van der Waals surface area contributed by atoms with Crippen molar-refractivity contribution in [3.05, 3.63) is 39.3 Å². The molecular formula is C17H23N3O3S. The maximum Gasteiger partial charge on any atom is 0.220 e. The molecule has 7 heteroatoms. The van der Waals surface area contributed by atoms with Gasteiger partial charge in [0.2, 0.25) is 5.91 Å². The van der Waals surface area contributed by atoms with Crippen LogP contribution in [0.25, 0.3) is 0 Å². The third-order valence-electron chi connectivity index (χ3n) is 3.88. The van der Waals surface area contributed by atoms with Crippen molar-refractivity contribution in [3.63, 3.8) is 0 Å². The van der Waals surface area contributed by atoms with E-state index < -0.39 is 5.60 Å². The second-order valence-electron chi connectivity index (χ2n) is 6.20. The first kappa shape index (κ1) is 18.4. The Labute approximate surface area is 145 Å². The van der Waals surface area contributed by atoms with E-state index in [1.165, 1.54) is 0 Å². The summed E-state index contributed by atoms with van der Waals surface area (Å²) in [4.78, 5) is 26.2. The van der Waals surface area contributed by atoms with Gasteiger partial charge in [-0.2, -0.15) is 5.10 Å². The number of aliphatic hydroxyl groups is 1. The highest BCUT2D eigenvalue weighted by Gasteiger charge is 2.25. The molecule has 130 valence electrons. The summed E-state index contributed by atoms with van der Waals surface area (Å²) in [7, 11) is 1.76. The summed E-state index contributed by atoms with van der Waals surface area (Å²) in [6.45, 7) is 5.56. The van der Waals surface area contributed by atoms with Crippen molar-refractivity contribution in [1.29, 1.82) is 0 Å². The Hall–Kier alpha value is -1.99. The zero-order chi connectivity index (χ0) is 17.9. The minimum atomic E-state index is -1.20. The molecule has 1 atom stereocenters. The van der Waals surface area contributed by atoms with Gasteiger partial charge < -0.3 is 10.4 Å². The van der Waals surface area contributed by atoms with Gasteiger partial charge in [0, 0.05) is 47.0 Å². The van der Waals surface area contributed by atoms with Crippen LogP contribution >= 0.6 is 11.3 Å². The van der Waals surface area contributed by atoms with Crippen LogP contribution in [0.4, 0.5) is 0 Å². The fraction of sp³-hybridized carbons (Fsp3) is 0.471. The lowest BCUT2D eigenvalue weighted by atomic mass is 9.99. The van der Waals surface area contributed by atoms with E-state index in [-0.39, 0.29) is 31.1 Å². The highest BCUT2D eigenvalue weighted by atomic mass is 32.1. The Morgan fingerprint density at radius 2 is 2.08 bits per heavy atom. The maximum absolute atomic E-state index is 12.2. The van der Waals surface area contributed by atoms with Gasteiger partial charge in [0.1, 0.15) is 5.60 Å².